The third-order valence-electron chi connectivity index (χ3n) is 5.01. The molecule has 0 N–H and O–H groups in total. The first-order valence-corrected chi connectivity index (χ1v) is 12.7. The Morgan fingerprint density at radius 2 is 1.73 bits per heavy atom. The predicted molar refractivity (Wildman–Crippen MR) is 129 cm³/mol. The van der Waals surface area contributed by atoms with E-state index in [1.54, 1.807) is 42.5 Å². The highest BCUT2D eigenvalue weighted by Crippen LogP contribution is 2.20. The molecule has 2 aromatic carbocycles. The molecule has 3 rings (SSSR count). The largest absolute Gasteiger partial charge is 0.467 e. The quantitative estimate of drug-likeness (QED) is 0.323. The first-order valence-electron chi connectivity index (χ1n) is 10.5. The van der Waals surface area contributed by atoms with E-state index >= 15 is 0 Å². The van der Waals surface area contributed by atoms with E-state index in [0.717, 1.165) is 10.0 Å². The van der Waals surface area contributed by atoms with Crippen LogP contribution < -0.4 is 0 Å². The molecule has 1 aromatic heterocycles. The zero-order valence-electron chi connectivity index (χ0n) is 18.4. The van der Waals surface area contributed by atoms with Crippen molar-refractivity contribution in [1.29, 1.82) is 0 Å². The second kappa shape index (κ2) is 12.1. The van der Waals surface area contributed by atoms with Gasteiger partial charge in [0.25, 0.3) is 0 Å². The number of rotatable bonds is 12. The summed E-state index contributed by atoms with van der Waals surface area (Å²) in [5.41, 5.74) is 0.944. The second-order valence-electron chi connectivity index (χ2n) is 7.45. The summed E-state index contributed by atoms with van der Waals surface area (Å²) in [6.07, 6.45) is 2.02. The Balaban J connectivity index is 1.84. The molecule has 1 heterocycles. The fourth-order valence-electron chi connectivity index (χ4n) is 3.30. The first-order chi connectivity index (χ1) is 15.9. The van der Waals surface area contributed by atoms with Gasteiger partial charge >= 0.3 is 0 Å². The molecule has 33 heavy (non-hydrogen) atoms. The lowest BCUT2D eigenvalue weighted by Crippen LogP contribution is -2.43. The van der Waals surface area contributed by atoms with E-state index in [-0.39, 0.29) is 30.4 Å². The Labute approximate surface area is 203 Å². The molecule has 0 aliphatic heterocycles. The summed E-state index contributed by atoms with van der Waals surface area (Å²) in [5, 5.41) is 0. The summed E-state index contributed by atoms with van der Waals surface area (Å²) < 4.78 is 39.2. The average molecular weight is 535 g/mol. The summed E-state index contributed by atoms with van der Waals surface area (Å²) in [6.45, 7) is 0.851. The van der Waals surface area contributed by atoms with Gasteiger partial charge in [-0.1, -0.05) is 46.3 Å². The maximum Gasteiger partial charge on any atom is 0.243 e. The van der Waals surface area contributed by atoms with Crippen molar-refractivity contribution < 1.29 is 22.4 Å². The smallest absolute Gasteiger partial charge is 0.243 e. The van der Waals surface area contributed by atoms with E-state index in [2.05, 4.69) is 15.9 Å². The summed E-state index contributed by atoms with van der Waals surface area (Å²) in [7, 11) is -2.32. The molecule has 0 atom stereocenters. The van der Waals surface area contributed by atoms with Gasteiger partial charge < -0.3 is 14.1 Å². The van der Waals surface area contributed by atoms with Crippen LogP contribution in [0.15, 0.2) is 86.8 Å². The van der Waals surface area contributed by atoms with Crippen LogP contribution in [0.5, 0.6) is 0 Å². The molecule has 0 radical (unpaired) electrons. The molecule has 9 heteroatoms. The number of furan rings is 1. The highest BCUT2D eigenvalue weighted by atomic mass is 79.9. The highest BCUT2D eigenvalue weighted by Gasteiger charge is 2.28. The number of halogens is 1. The molecule has 0 unspecified atom stereocenters. The Morgan fingerprint density at radius 1 is 1.00 bits per heavy atom. The predicted octanol–water partition coefficient (Wildman–Crippen LogP) is 4.30. The van der Waals surface area contributed by atoms with Crippen LogP contribution in [0.3, 0.4) is 0 Å². The van der Waals surface area contributed by atoms with Crippen LogP contribution in [0.25, 0.3) is 0 Å². The van der Waals surface area contributed by atoms with Gasteiger partial charge in [0.05, 0.1) is 24.2 Å². The minimum Gasteiger partial charge on any atom is -0.467 e. The summed E-state index contributed by atoms with van der Waals surface area (Å²) in [5.74, 6) is 0.314. The SMILES string of the molecule is COCCCN(CC(=O)N(Cc1ccccc1)Cc1ccco1)S(=O)(=O)c1ccc(Br)cc1. The number of methoxy groups -OCH3 is 1. The number of amides is 1. The molecule has 7 nitrogen and oxygen atoms in total. The average Bonchev–Trinajstić information content (AvgIpc) is 3.32. The van der Waals surface area contributed by atoms with Crippen LogP contribution in [0.4, 0.5) is 0 Å². The third-order valence-corrected chi connectivity index (χ3v) is 7.40. The topological polar surface area (TPSA) is 80.1 Å². The van der Waals surface area contributed by atoms with Crippen LogP contribution >= 0.6 is 15.9 Å². The molecular weight excluding hydrogens is 508 g/mol. The van der Waals surface area contributed by atoms with Gasteiger partial charge in [0.15, 0.2) is 0 Å². The molecule has 0 bridgehead atoms. The normalized spacial score (nSPS) is 11.6. The number of sulfonamides is 1. The number of hydrogen-bond donors (Lipinski definition) is 0. The highest BCUT2D eigenvalue weighted by molar-refractivity contribution is 9.10. The van der Waals surface area contributed by atoms with Crippen LogP contribution in [-0.4, -0.2) is 50.3 Å². The van der Waals surface area contributed by atoms with Crippen molar-refractivity contribution in [2.75, 3.05) is 26.8 Å². The van der Waals surface area contributed by atoms with E-state index < -0.39 is 10.0 Å². The van der Waals surface area contributed by atoms with E-state index in [9.17, 15) is 13.2 Å². The number of nitrogens with zero attached hydrogens (tertiary/aromatic N) is 2. The van der Waals surface area contributed by atoms with E-state index in [1.807, 2.05) is 30.3 Å². The maximum absolute atomic E-state index is 13.4. The first kappa shape index (κ1) is 25.2. The van der Waals surface area contributed by atoms with Gasteiger partial charge in [-0.05, 0) is 48.4 Å². The lowest BCUT2D eigenvalue weighted by atomic mass is 10.2. The number of benzene rings is 2. The lowest BCUT2D eigenvalue weighted by molar-refractivity contribution is -0.133. The van der Waals surface area contributed by atoms with Crippen molar-refractivity contribution in [3.05, 3.63) is 88.8 Å². The van der Waals surface area contributed by atoms with E-state index in [1.165, 1.54) is 16.4 Å². The van der Waals surface area contributed by atoms with Crippen molar-refractivity contribution >= 4 is 31.9 Å². The molecule has 176 valence electrons. The number of carbonyl (C=O) groups excluding carboxylic acids is 1. The van der Waals surface area contributed by atoms with Crippen LogP contribution in [0, 0.1) is 0 Å². The van der Waals surface area contributed by atoms with Crippen molar-refractivity contribution in [2.24, 2.45) is 0 Å². The number of ether oxygens (including phenoxy) is 1. The van der Waals surface area contributed by atoms with Crippen LogP contribution in [0.2, 0.25) is 0 Å². The zero-order valence-corrected chi connectivity index (χ0v) is 20.8. The van der Waals surface area contributed by atoms with Crippen LogP contribution in [0.1, 0.15) is 17.7 Å². The third kappa shape index (κ3) is 7.26. The van der Waals surface area contributed by atoms with Gasteiger partial charge in [0.2, 0.25) is 15.9 Å². The van der Waals surface area contributed by atoms with Gasteiger partial charge in [-0.15, -0.1) is 0 Å². The van der Waals surface area contributed by atoms with E-state index in [0.29, 0.717) is 25.3 Å². The van der Waals surface area contributed by atoms with Crippen molar-refractivity contribution in [2.45, 2.75) is 24.4 Å². The standard InChI is InChI=1S/C24H27BrN2O5S/c1-31-15-6-14-27(33(29,30)23-12-10-21(25)11-13-23)19-24(28)26(18-22-9-5-16-32-22)17-20-7-3-2-4-8-20/h2-5,7-13,16H,6,14-15,17-19H2,1H3. The molecule has 0 aliphatic rings. The van der Waals surface area contributed by atoms with Crippen molar-refractivity contribution in [3.8, 4) is 0 Å². The molecule has 0 fully saturated rings. The van der Waals surface area contributed by atoms with Gasteiger partial charge in [-0.25, -0.2) is 8.42 Å². The minimum absolute atomic E-state index is 0.136. The molecule has 3 aromatic rings. The van der Waals surface area contributed by atoms with Crippen LogP contribution in [-0.2, 0) is 32.6 Å². The minimum atomic E-state index is -3.88. The zero-order chi connectivity index (χ0) is 23.7. The van der Waals surface area contributed by atoms with Gasteiger partial charge in [-0.3, -0.25) is 4.79 Å². The number of hydrogen-bond acceptors (Lipinski definition) is 5. The van der Waals surface area contributed by atoms with Gasteiger partial charge in [0, 0.05) is 31.3 Å². The lowest BCUT2D eigenvalue weighted by Gasteiger charge is -2.27. The molecule has 0 saturated carbocycles. The maximum atomic E-state index is 13.4. The van der Waals surface area contributed by atoms with Crippen molar-refractivity contribution in [3.63, 3.8) is 0 Å². The Kier molecular flexibility index (Phi) is 9.25. The Hall–Kier alpha value is -2.46. The molecule has 0 aliphatic carbocycles. The second-order valence-corrected chi connectivity index (χ2v) is 10.3. The van der Waals surface area contributed by atoms with E-state index in [4.69, 9.17) is 9.15 Å². The molecule has 0 spiro atoms. The summed E-state index contributed by atoms with van der Waals surface area (Å²) in [4.78, 5) is 15.1. The van der Waals surface area contributed by atoms with Gasteiger partial charge in [-0.2, -0.15) is 4.31 Å². The Morgan fingerprint density at radius 3 is 2.36 bits per heavy atom. The molecule has 0 saturated heterocycles. The molecular formula is C24H27BrN2O5S. The van der Waals surface area contributed by atoms with Gasteiger partial charge in [0.1, 0.15) is 5.76 Å². The molecule has 1 amide bonds. The summed E-state index contributed by atoms with van der Waals surface area (Å²) >= 11 is 3.32. The Bertz CT molecular complexity index is 1100. The fraction of sp³-hybridized carbons (Fsp3) is 0.292. The summed E-state index contributed by atoms with van der Waals surface area (Å²) in [6, 6.07) is 19.5. The monoisotopic (exact) mass is 534 g/mol. The fourth-order valence-corrected chi connectivity index (χ4v) is 5.00. The van der Waals surface area contributed by atoms with Crippen molar-refractivity contribution in [1.82, 2.24) is 9.21 Å². The number of carbonyl (C=O) groups is 1.